The van der Waals surface area contributed by atoms with Crippen molar-refractivity contribution in [3.63, 3.8) is 0 Å². The van der Waals surface area contributed by atoms with Crippen LogP contribution in [-0.4, -0.2) is 31.8 Å². The molecule has 2 rings (SSSR count). The molecule has 0 aliphatic heterocycles. The highest BCUT2D eigenvalue weighted by atomic mass is 16.5. The third kappa shape index (κ3) is 5.56. The van der Waals surface area contributed by atoms with Gasteiger partial charge in [-0.3, -0.25) is 4.79 Å². The summed E-state index contributed by atoms with van der Waals surface area (Å²) in [6.07, 6.45) is 0. The summed E-state index contributed by atoms with van der Waals surface area (Å²) in [5, 5.41) is 4.25. The van der Waals surface area contributed by atoms with E-state index in [1.165, 1.54) is 4.90 Å². The number of nitrogen functional groups attached to an aromatic ring is 1. The summed E-state index contributed by atoms with van der Waals surface area (Å²) < 4.78 is 5.50. The number of nitrogens with two attached hydrogens (primary N) is 1. The average molecular weight is 369 g/mol. The summed E-state index contributed by atoms with van der Waals surface area (Å²) in [6, 6.07) is 12.7. The fraction of sp³-hybridized carbons (Fsp3) is 0.333. The summed E-state index contributed by atoms with van der Waals surface area (Å²) in [5.74, 6) is 0.604. The van der Waals surface area contributed by atoms with Crippen LogP contribution in [0.3, 0.4) is 0 Å². The highest BCUT2D eigenvalue weighted by Crippen LogP contribution is 2.19. The first-order valence-corrected chi connectivity index (χ1v) is 9.19. The van der Waals surface area contributed by atoms with Gasteiger partial charge in [-0.2, -0.15) is 5.10 Å². The molecule has 0 aliphatic rings. The third-order valence-corrected chi connectivity index (χ3v) is 4.64. The van der Waals surface area contributed by atoms with Crippen molar-refractivity contribution in [1.29, 1.82) is 0 Å². The Kier molecular flexibility index (Phi) is 7.37. The summed E-state index contributed by atoms with van der Waals surface area (Å²) in [5.41, 5.74) is 12.2. The van der Waals surface area contributed by atoms with Crippen molar-refractivity contribution in [1.82, 2.24) is 5.43 Å². The standard InChI is InChI=1S/C21H28N4O2/c1-5-25(6-2)14-18-13-17(9-12-20(18)27-4)15(3)23-24-21(26)16-7-10-19(22)11-8-16/h7-13H,5-6,14,22H2,1-4H3,(H,24,26)/p+1/b23-15-. The molecule has 6 nitrogen and oxygen atoms in total. The molecule has 0 unspecified atom stereocenters. The highest BCUT2D eigenvalue weighted by Gasteiger charge is 2.12. The lowest BCUT2D eigenvalue weighted by molar-refractivity contribution is -0.910. The molecule has 144 valence electrons. The Bertz CT molecular complexity index is 796. The molecule has 0 fully saturated rings. The Morgan fingerprint density at radius 3 is 2.33 bits per heavy atom. The van der Waals surface area contributed by atoms with E-state index in [4.69, 9.17) is 10.5 Å². The van der Waals surface area contributed by atoms with Crippen molar-refractivity contribution < 1.29 is 14.4 Å². The van der Waals surface area contributed by atoms with Gasteiger partial charge in [0.25, 0.3) is 5.91 Å². The van der Waals surface area contributed by atoms with Crippen LogP contribution in [0, 0.1) is 0 Å². The van der Waals surface area contributed by atoms with Crippen molar-refractivity contribution in [3.05, 3.63) is 59.2 Å². The van der Waals surface area contributed by atoms with Gasteiger partial charge in [0.1, 0.15) is 12.3 Å². The first-order valence-electron chi connectivity index (χ1n) is 9.19. The molecule has 0 aliphatic carbocycles. The molecule has 0 saturated carbocycles. The van der Waals surface area contributed by atoms with E-state index in [2.05, 4.69) is 30.4 Å². The van der Waals surface area contributed by atoms with Gasteiger partial charge in [0, 0.05) is 16.8 Å². The second-order valence-corrected chi connectivity index (χ2v) is 6.42. The van der Waals surface area contributed by atoms with Gasteiger partial charge in [0.05, 0.1) is 25.9 Å². The number of amides is 1. The minimum absolute atomic E-state index is 0.268. The van der Waals surface area contributed by atoms with Crippen LogP contribution in [-0.2, 0) is 6.54 Å². The zero-order valence-corrected chi connectivity index (χ0v) is 16.5. The Balaban J connectivity index is 2.16. The van der Waals surface area contributed by atoms with Crippen molar-refractivity contribution >= 4 is 17.3 Å². The fourth-order valence-electron chi connectivity index (χ4n) is 2.81. The number of nitrogens with one attached hydrogen (secondary N) is 2. The van der Waals surface area contributed by atoms with E-state index in [0.717, 1.165) is 42.2 Å². The summed E-state index contributed by atoms with van der Waals surface area (Å²) in [6.45, 7) is 9.21. The monoisotopic (exact) mass is 369 g/mol. The number of carbonyl (C=O) groups excluding carboxylic acids is 1. The van der Waals surface area contributed by atoms with E-state index < -0.39 is 0 Å². The van der Waals surface area contributed by atoms with E-state index >= 15 is 0 Å². The number of hydrazone groups is 1. The maximum atomic E-state index is 12.2. The van der Waals surface area contributed by atoms with E-state index in [0.29, 0.717) is 11.3 Å². The molecular formula is C21H29N4O2+. The summed E-state index contributed by atoms with van der Waals surface area (Å²) in [7, 11) is 1.68. The van der Waals surface area contributed by atoms with Crippen molar-refractivity contribution in [2.24, 2.45) is 5.10 Å². The fourth-order valence-corrected chi connectivity index (χ4v) is 2.81. The lowest BCUT2D eigenvalue weighted by Crippen LogP contribution is -3.10. The number of quaternary nitrogens is 1. The van der Waals surface area contributed by atoms with Crippen molar-refractivity contribution in [2.75, 3.05) is 25.9 Å². The maximum absolute atomic E-state index is 12.2. The molecule has 6 heteroatoms. The lowest BCUT2D eigenvalue weighted by atomic mass is 10.1. The van der Waals surface area contributed by atoms with Gasteiger partial charge in [-0.15, -0.1) is 0 Å². The van der Waals surface area contributed by atoms with E-state index in [9.17, 15) is 4.79 Å². The van der Waals surface area contributed by atoms with Crippen LogP contribution in [0.2, 0.25) is 0 Å². The molecule has 1 amide bonds. The van der Waals surface area contributed by atoms with E-state index in [-0.39, 0.29) is 5.91 Å². The minimum atomic E-state index is -0.268. The van der Waals surface area contributed by atoms with Gasteiger partial charge in [-0.25, -0.2) is 5.43 Å². The number of ether oxygens (including phenoxy) is 1. The number of anilines is 1. The first kappa shape index (κ1) is 20.5. The zero-order valence-electron chi connectivity index (χ0n) is 16.5. The normalized spacial score (nSPS) is 11.5. The molecule has 2 aromatic rings. The molecule has 0 atom stereocenters. The van der Waals surface area contributed by atoms with E-state index in [1.807, 2.05) is 19.1 Å². The van der Waals surface area contributed by atoms with Crippen LogP contribution in [0.5, 0.6) is 5.75 Å². The average Bonchev–Trinajstić information content (AvgIpc) is 2.70. The Morgan fingerprint density at radius 2 is 1.74 bits per heavy atom. The second kappa shape index (κ2) is 9.73. The van der Waals surface area contributed by atoms with Gasteiger partial charge >= 0.3 is 0 Å². The van der Waals surface area contributed by atoms with Crippen LogP contribution in [0.4, 0.5) is 5.69 Å². The van der Waals surface area contributed by atoms with Crippen LogP contribution >= 0.6 is 0 Å². The maximum Gasteiger partial charge on any atom is 0.271 e. The van der Waals surface area contributed by atoms with Gasteiger partial charge in [-0.05, 0) is 68.8 Å². The predicted octanol–water partition coefficient (Wildman–Crippen LogP) is 1.86. The molecule has 0 bridgehead atoms. The zero-order chi connectivity index (χ0) is 19.8. The topological polar surface area (TPSA) is 81.2 Å². The SMILES string of the molecule is CC[NH+](CC)Cc1cc(/C(C)=N\NC(=O)c2ccc(N)cc2)ccc1OC. The molecule has 2 aromatic carbocycles. The second-order valence-electron chi connectivity index (χ2n) is 6.42. The van der Waals surface area contributed by atoms with Gasteiger partial charge in [0.2, 0.25) is 0 Å². The van der Waals surface area contributed by atoms with Crippen LogP contribution in [0.1, 0.15) is 42.3 Å². The number of hydrogen-bond donors (Lipinski definition) is 3. The molecule has 0 radical (unpaired) electrons. The summed E-state index contributed by atoms with van der Waals surface area (Å²) in [4.78, 5) is 13.7. The highest BCUT2D eigenvalue weighted by molar-refractivity contribution is 6.01. The molecule has 27 heavy (non-hydrogen) atoms. The quantitative estimate of drug-likeness (QED) is 0.377. The third-order valence-electron chi connectivity index (χ3n) is 4.64. The Labute approximate surface area is 161 Å². The molecule has 0 aromatic heterocycles. The van der Waals surface area contributed by atoms with Crippen molar-refractivity contribution in [2.45, 2.75) is 27.3 Å². The van der Waals surface area contributed by atoms with Gasteiger partial charge in [0.15, 0.2) is 0 Å². The molecule has 0 heterocycles. The largest absolute Gasteiger partial charge is 0.496 e. The van der Waals surface area contributed by atoms with Gasteiger partial charge in [-0.1, -0.05) is 0 Å². The van der Waals surface area contributed by atoms with Crippen molar-refractivity contribution in [3.8, 4) is 5.75 Å². The molecule has 0 saturated heterocycles. The molecular weight excluding hydrogens is 340 g/mol. The van der Waals surface area contributed by atoms with Gasteiger partial charge < -0.3 is 15.4 Å². The lowest BCUT2D eigenvalue weighted by Gasteiger charge is -2.18. The van der Waals surface area contributed by atoms with Crippen LogP contribution in [0.15, 0.2) is 47.6 Å². The Hall–Kier alpha value is -2.86. The first-order chi connectivity index (χ1) is 13.0. The number of rotatable bonds is 8. The van der Waals surface area contributed by atoms with Crippen LogP contribution < -0.4 is 20.8 Å². The number of benzene rings is 2. The smallest absolute Gasteiger partial charge is 0.271 e. The molecule has 0 spiro atoms. The van der Waals surface area contributed by atoms with E-state index in [1.54, 1.807) is 31.4 Å². The number of nitrogens with zero attached hydrogens (tertiary/aromatic N) is 1. The number of carbonyl (C=O) groups is 1. The van der Waals surface area contributed by atoms with Crippen LogP contribution in [0.25, 0.3) is 0 Å². The Morgan fingerprint density at radius 1 is 1.11 bits per heavy atom. The number of methoxy groups -OCH3 is 1. The number of hydrogen-bond acceptors (Lipinski definition) is 4. The minimum Gasteiger partial charge on any atom is -0.496 e. The summed E-state index contributed by atoms with van der Waals surface area (Å²) >= 11 is 0. The molecule has 4 N–H and O–H groups in total. The predicted molar refractivity (Wildman–Crippen MR) is 109 cm³/mol.